The molecule has 1 rings (SSSR count). The molecule has 5 heteroatoms. The van der Waals surface area contributed by atoms with Gasteiger partial charge in [-0.3, -0.25) is 4.79 Å². The molecule has 2 N–H and O–H groups in total. The summed E-state index contributed by atoms with van der Waals surface area (Å²) >= 11 is 0. The number of rotatable bonds is 4. The van der Waals surface area contributed by atoms with Crippen molar-refractivity contribution in [3.05, 3.63) is 0 Å². The number of hydrogen-bond acceptors (Lipinski definition) is 5. The summed E-state index contributed by atoms with van der Waals surface area (Å²) in [5, 5.41) is 0. The van der Waals surface area contributed by atoms with Gasteiger partial charge in [-0.2, -0.15) is 0 Å². The molecular formula is C12H23NO4. The molecule has 2 atom stereocenters. The Morgan fingerprint density at radius 3 is 2.59 bits per heavy atom. The van der Waals surface area contributed by atoms with Crippen molar-refractivity contribution in [3.8, 4) is 0 Å². The molecule has 1 saturated heterocycles. The third-order valence-electron chi connectivity index (χ3n) is 2.84. The molecule has 0 aromatic heterocycles. The van der Waals surface area contributed by atoms with E-state index in [2.05, 4.69) is 0 Å². The van der Waals surface area contributed by atoms with Gasteiger partial charge in [0, 0.05) is 6.04 Å². The molecule has 1 fully saturated rings. The number of hydrogen-bond donors (Lipinski definition) is 1. The fourth-order valence-corrected chi connectivity index (χ4v) is 1.55. The smallest absolute Gasteiger partial charge is 0.315 e. The lowest BCUT2D eigenvalue weighted by Crippen LogP contribution is -2.45. The van der Waals surface area contributed by atoms with Crippen LogP contribution in [-0.2, 0) is 19.0 Å². The molecule has 0 radical (unpaired) electrons. The second-order valence-electron chi connectivity index (χ2n) is 5.64. The van der Waals surface area contributed by atoms with Crippen LogP contribution in [0.4, 0.5) is 0 Å². The molecule has 100 valence electrons. The van der Waals surface area contributed by atoms with Gasteiger partial charge in [0.25, 0.3) is 0 Å². The molecular weight excluding hydrogens is 222 g/mol. The summed E-state index contributed by atoms with van der Waals surface area (Å²) in [7, 11) is 0. The first-order chi connectivity index (χ1) is 7.76. The highest BCUT2D eigenvalue weighted by atomic mass is 16.6. The van der Waals surface area contributed by atoms with Crippen LogP contribution in [0.2, 0.25) is 0 Å². The van der Waals surface area contributed by atoms with Crippen molar-refractivity contribution in [2.45, 2.75) is 39.3 Å². The van der Waals surface area contributed by atoms with Crippen LogP contribution in [0.3, 0.4) is 0 Å². The molecule has 2 unspecified atom stereocenters. The number of esters is 1. The van der Waals surface area contributed by atoms with Gasteiger partial charge in [-0.25, -0.2) is 0 Å². The molecule has 0 aromatic carbocycles. The van der Waals surface area contributed by atoms with Gasteiger partial charge in [0.05, 0.1) is 25.4 Å². The predicted octanol–water partition coefficient (Wildman–Crippen LogP) is 0.709. The third-order valence-corrected chi connectivity index (χ3v) is 2.84. The lowest BCUT2D eigenvalue weighted by atomic mass is 9.86. The lowest BCUT2D eigenvalue weighted by molar-refractivity contribution is -0.158. The van der Waals surface area contributed by atoms with Crippen LogP contribution in [0.15, 0.2) is 0 Å². The maximum Gasteiger partial charge on any atom is 0.315 e. The Morgan fingerprint density at radius 1 is 1.47 bits per heavy atom. The maximum atomic E-state index is 11.9. The molecule has 1 aliphatic heterocycles. The zero-order chi connectivity index (χ0) is 13.1. The zero-order valence-electron chi connectivity index (χ0n) is 11.1. The average Bonchev–Trinajstić information content (AvgIpc) is 2.54. The van der Waals surface area contributed by atoms with E-state index in [-0.39, 0.29) is 24.2 Å². The Labute approximate surface area is 103 Å². The van der Waals surface area contributed by atoms with E-state index in [1.807, 2.05) is 20.8 Å². The van der Waals surface area contributed by atoms with Crippen LogP contribution in [0.25, 0.3) is 0 Å². The Bertz CT molecular complexity index is 274. The summed E-state index contributed by atoms with van der Waals surface area (Å²) in [6.07, 6.45) is 0. The van der Waals surface area contributed by atoms with Crippen molar-refractivity contribution in [2.24, 2.45) is 11.1 Å². The highest BCUT2D eigenvalue weighted by Gasteiger charge is 2.45. The number of carbonyl (C=O) groups excluding carboxylic acids is 1. The van der Waals surface area contributed by atoms with E-state index in [1.165, 1.54) is 0 Å². The van der Waals surface area contributed by atoms with Crippen LogP contribution >= 0.6 is 0 Å². The Hall–Kier alpha value is -0.650. The Balaban J connectivity index is 2.30. The minimum absolute atomic E-state index is 0.219. The Kier molecular flexibility index (Phi) is 4.52. The van der Waals surface area contributed by atoms with Gasteiger partial charge in [-0.15, -0.1) is 0 Å². The van der Waals surface area contributed by atoms with Gasteiger partial charge in [0.15, 0.2) is 0 Å². The van der Waals surface area contributed by atoms with Crippen molar-refractivity contribution < 1.29 is 19.0 Å². The Morgan fingerprint density at radius 2 is 2.12 bits per heavy atom. The molecule has 0 bridgehead atoms. The fourth-order valence-electron chi connectivity index (χ4n) is 1.55. The van der Waals surface area contributed by atoms with E-state index < -0.39 is 5.41 Å². The quantitative estimate of drug-likeness (QED) is 0.583. The first-order valence-electron chi connectivity index (χ1n) is 5.90. The second-order valence-corrected chi connectivity index (χ2v) is 5.64. The lowest BCUT2D eigenvalue weighted by Gasteiger charge is -2.25. The molecule has 0 saturated carbocycles. The van der Waals surface area contributed by atoms with E-state index in [4.69, 9.17) is 19.9 Å². The third kappa shape index (κ3) is 3.94. The summed E-state index contributed by atoms with van der Waals surface area (Å²) in [6, 6.07) is -0.293. The van der Waals surface area contributed by atoms with E-state index in [1.54, 1.807) is 6.92 Å². The summed E-state index contributed by atoms with van der Waals surface area (Å²) in [4.78, 5) is 11.9. The van der Waals surface area contributed by atoms with Crippen LogP contribution in [0.5, 0.6) is 0 Å². The van der Waals surface area contributed by atoms with E-state index >= 15 is 0 Å². The minimum Gasteiger partial charge on any atom is -0.463 e. The molecule has 0 amide bonds. The standard InChI is InChI=1S/C12H23NO4/c1-11(2,3)17-6-5-16-10(14)12(4)8-15-7-9(12)13/h9H,5-8,13H2,1-4H3. The largest absolute Gasteiger partial charge is 0.463 e. The normalized spacial score (nSPS) is 29.4. The van der Waals surface area contributed by atoms with Gasteiger partial charge in [0.1, 0.15) is 12.0 Å². The summed E-state index contributed by atoms with van der Waals surface area (Å²) < 4.78 is 15.8. The van der Waals surface area contributed by atoms with Crippen molar-refractivity contribution in [3.63, 3.8) is 0 Å². The van der Waals surface area contributed by atoms with Gasteiger partial charge in [-0.1, -0.05) is 0 Å². The van der Waals surface area contributed by atoms with Gasteiger partial charge < -0.3 is 19.9 Å². The number of nitrogens with two attached hydrogens (primary N) is 1. The topological polar surface area (TPSA) is 70.8 Å². The summed E-state index contributed by atoms with van der Waals surface area (Å²) in [5.74, 6) is -0.306. The fraction of sp³-hybridized carbons (Fsp3) is 0.917. The van der Waals surface area contributed by atoms with Crippen molar-refractivity contribution in [1.82, 2.24) is 0 Å². The van der Waals surface area contributed by atoms with Crippen LogP contribution in [-0.4, -0.2) is 44.0 Å². The zero-order valence-corrected chi connectivity index (χ0v) is 11.1. The van der Waals surface area contributed by atoms with Crippen LogP contribution < -0.4 is 5.73 Å². The monoisotopic (exact) mass is 245 g/mol. The molecule has 0 aromatic rings. The number of ether oxygens (including phenoxy) is 3. The molecule has 17 heavy (non-hydrogen) atoms. The highest BCUT2D eigenvalue weighted by molar-refractivity contribution is 5.78. The summed E-state index contributed by atoms with van der Waals surface area (Å²) in [6.45, 7) is 9.01. The summed E-state index contributed by atoms with van der Waals surface area (Å²) in [5.41, 5.74) is 4.89. The molecule has 1 aliphatic rings. The van der Waals surface area contributed by atoms with E-state index in [9.17, 15) is 4.79 Å². The first kappa shape index (κ1) is 14.4. The SMILES string of the molecule is CC(C)(C)OCCOC(=O)C1(C)COCC1N. The highest BCUT2D eigenvalue weighted by Crippen LogP contribution is 2.28. The van der Waals surface area contributed by atoms with Gasteiger partial charge in [0.2, 0.25) is 0 Å². The van der Waals surface area contributed by atoms with E-state index in [0.717, 1.165) is 0 Å². The number of carbonyl (C=O) groups is 1. The molecule has 0 aliphatic carbocycles. The van der Waals surface area contributed by atoms with Crippen LogP contribution in [0, 0.1) is 5.41 Å². The maximum absolute atomic E-state index is 11.9. The first-order valence-corrected chi connectivity index (χ1v) is 5.90. The van der Waals surface area contributed by atoms with E-state index in [0.29, 0.717) is 19.8 Å². The average molecular weight is 245 g/mol. The van der Waals surface area contributed by atoms with Crippen molar-refractivity contribution in [1.29, 1.82) is 0 Å². The second kappa shape index (κ2) is 5.33. The molecule has 1 heterocycles. The van der Waals surface area contributed by atoms with Crippen LogP contribution in [0.1, 0.15) is 27.7 Å². The molecule has 5 nitrogen and oxygen atoms in total. The van der Waals surface area contributed by atoms with Gasteiger partial charge in [-0.05, 0) is 27.7 Å². The predicted molar refractivity (Wildman–Crippen MR) is 63.6 cm³/mol. The minimum atomic E-state index is -0.721. The van der Waals surface area contributed by atoms with Crippen molar-refractivity contribution >= 4 is 5.97 Å². The van der Waals surface area contributed by atoms with Crippen molar-refractivity contribution in [2.75, 3.05) is 26.4 Å². The van der Waals surface area contributed by atoms with Gasteiger partial charge >= 0.3 is 5.97 Å². The molecule has 0 spiro atoms.